The minimum Gasteiger partial charge on any atom is -0.379 e. The van der Waals surface area contributed by atoms with Gasteiger partial charge in [0.05, 0.1) is 14.6 Å². The Morgan fingerprint density at radius 1 is 1.67 bits per heavy atom. The zero-order chi connectivity index (χ0) is 5.11. The quantitative estimate of drug-likeness (QED) is 0.436. The number of ether oxygens (including phenoxy) is 1. The first-order chi connectivity index (χ1) is 3.39. The molecule has 1 atom stereocenters. The van der Waals surface area contributed by atoms with E-state index in [2.05, 4.69) is 5.32 Å². The second kappa shape index (κ2) is 2.16. The van der Waals surface area contributed by atoms with Crippen LogP contribution in [0.25, 0.3) is 0 Å². The molecule has 0 aromatic heterocycles. The Morgan fingerprint density at radius 3 is 3.00 bits per heavy atom. The number of morpholine rings is 1. The zero-order valence-electron chi connectivity index (χ0n) is 4.61. The maximum atomic E-state index is 6.99. The molecule has 1 heterocycles. The Labute approximate surface area is 38.9 Å². The summed E-state index contributed by atoms with van der Waals surface area (Å²) in [5.74, 6) is 0. The molecule has 1 aliphatic rings. The maximum absolute atomic E-state index is 6.99. The van der Waals surface area contributed by atoms with Crippen molar-refractivity contribution in [3.8, 4) is 0 Å². The van der Waals surface area contributed by atoms with Crippen LogP contribution in [0.3, 0.4) is 0 Å². The van der Waals surface area contributed by atoms with E-state index in [1.807, 2.05) is 0 Å². The molecule has 0 aromatic rings. The topological polar surface area (TPSA) is 21.3 Å². The molecule has 2 heteroatoms. The van der Waals surface area contributed by atoms with Gasteiger partial charge in [0.1, 0.15) is 0 Å². The van der Waals surface area contributed by atoms with Crippen molar-refractivity contribution < 1.29 is 6.11 Å². The second-order valence-corrected chi connectivity index (χ2v) is 1.24. The van der Waals surface area contributed by atoms with Crippen LogP contribution in [-0.2, 0) is 4.74 Å². The van der Waals surface area contributed by atoms with E-state index in [1.54, 1.807) is 0 Å². The van der Waals surface area contributed by atoms with Gasteiger partial charge in [0.2, 0.25) is 0 Å². The number of hydrogen-bond donors (Lipinski definition) is 1. The number of rotatable bonds is 0. The zero-order valence-corrected chi connectivity index (χ0v) is 3.61. The highest BCUT2D eigenvalue weighted by Crippen LogP contribution is 1.76. The molecule has 2 nitrogen and oxygen atoms in total. The van der Waals surface area contributed by atoms with Gasteiger partial charge in [-0.3, -0.25) is 0 Å². The van der Waals surface area contributed by atoms with Gasteiger partial charge in [-0.1, -0.05) is 0 Å². The Hall–Kier alpha value is -0.0800. The average Bonchev–Trinajstić information content (AvgIpc) is 1.69. The smallest absolute Gasteiger partial charge is 0.0591 e. The van der Waals surface area contributed by atoms with Crippen LogP contribution in [0.15, 0.2) is 0 Å². The molecular weight excluding hydrogens is 78.0 g/mol. The standard InChI is InChI=1S/C4H9NO/c1-3-6-4-2-5-1/h5H,1-4H2/i3T. The van der Waals surface area contributed by atoms with Crippen molar-refractivity contribution in [1.29, 1.82) is 0 Å². The molecule has 1 aliphatic heterocycles. The molecule has 1 N–H and O–H groups in total. The molecule has 0 bridgehead atoms. The maximum Gasteiger partial charge on any atom is 0.0591 e. The third-order valence-corrected chi connectivity index (χ3v) is 0.742. The average molecular weight is 89.1 g/mol. The molecular formula is C4H9NO. The van der Waals surface area contributed by atoms with Crippen molar-refractivity contribution in [3.63, 3.8) is 0 Å². The van der Waals surface area contributed by atoms with Crippen molar-refractivity contribution in [3.05, 3.63) is 0 Å². The van der Waals surface area contributed by atoms with E-state index in [4.69, 9.17) is 6.11 Å². The lowest BCUT2D eigenvalue weighted by molar-refractivity contribution is 0.109. The van der Waals surface area contributed by atoms with Crippen LogP contribution in [0, 0.1) is 0 Å². The molecule has 1 saturated heterocycles. The van der Waals surface area contributed by atoms with Crippen molar-refractivity contribution in [2.24, 2.45) is 0 Å². The van der Waals surface area contributed by atoms with Gasteiger partial charge in [-0.15, -0.1) is 0 Å². The van der Waals surface area contributed by atoms with Crippen LogP contribution in [0.5, 0.6) is 0 Å². The van der Waals surface area contributed by atoms with Gasteiger partial charge in [-0.25, -0.2) is 0 Å². The van der Waals surface area contributed by atoms with E-state index in [9.17, 15) is 0 Å². The highest BCUT2D eigenvalue weighted by Gasteiger charge is 1.92. The summed E-state index contributed by atoms with van der Waals surface area (Å²) in [4.78, 5) is 0. The SMILES string of the molecule is [3H]C1CNCCO1. The first-order valence-corrected chi connectivity index (χ1v) is 2.14. The summed E-state index contributed by atoms with van der Waals surface area (Å²) in [5, 5.41) is 3.02. The molecule has 1 unspecified atom stereocenters. The summed E-state index contributed by atoms with van der Waals surface area (Å²) in [5.41, 5.74) is 0. The molecule has 0 aromatic carbocycles. The molecule has 1 fully saturated rings. The van der Waals surface area contributed by atoms with Gasteiger partial charge in [-0.2, -0.15) is 0 Å². The third-order valence-electron chi connectivity index (χ3n) is 0.742. The molecule has 0 aliphatic carbocycles. The lowest BCUT2D eigenvalue weighted by Gasteiger charge is -2.10. The van der Waals surface area contributed by atoms with Crippen LogP contribution in [0.4, 0.5) is 0 Å². The summed E-state index contributed by atoms with van der Waals surface area (Å²) in [6, 6.07) is 0. The Kier molecular flexibility index (Phi) is 1.08. The summed E-state index contributed by atoms with van der Waals surface area (Å²) >= 11 is 0. The monoisotopic (exact) mass is 89.1 g/mol. The van der Waals surface area contributed by atoms with Gasteiger partial charge < -0.3 is 10.1 Å². The highest BCUT2D eigenvalue weighted by atomic mass is 16.5. The first kappa shape index (κ1) is 2.99. The minimum atomic E-state index is -0.325. The Balaban J connectivity index is 2.12. The molecule has 1 rings (SSSR count). The van der Waals surface area contributed by atoms with Crippen LogP contribution in [0.2, 0.25) is 0 Å². The van der Waals surface area contributed by atoms with Gasteiger partial charge in [0.25, 0.3) is 0 Å². The van der Waals surface area contributed by atoms with Crippen molar-refractivity contribution in [2.75, 3.05) is 26.3 Å². The number of hydrogen-bond acceptors (Lipinski definition) is 2. The minimum absolute atomic E-state index is 0.325. The predicted octanol–water partition coefficient (Wildman–Crippen LogP) is -0.394. The summed E-state index contributed by atoms with van der Waals surface area (Å²) in [6.07, 6.45) is 0. The molecule has 0 spiro atoms. The lowest BCUT2D eigenvalue weighted by atomic mass is 10.5. The third kappa shape index (κ3) is 0.954. The fourth-order valence-corrected chi connectivity index (χ4v) is 0.434. The van der Waals surface area contributed by atoms with E-state index >= 15 is 0 Å². The van der Waals surface area contributed by atoms with Crippen LogP contribution in [0.1, 0.15) is 1.37 Å². The van der Waals surface area contributed by atoms with E-state index in [0.717, 1.165) is 6.54 Å². The van der Waals surface area contributed by atoms with Gasteiger partial charge in [-0.05, 0) is 0 Å². The second-order valence-electron chi connectivity index (χ2n) is 1.24. The van der Waals surface area contributed by atoms with Gasteiger partial charge in [0, 0.05) is 13.1 Å². The van der Waals surface area contributed by atoms with E-state index in [1.165, 1.54) is 0 Å². The fraction of sp³-hybridized carbons (Fsp3) is 1.00. The summed E-state index contributed by atoms with van der Waals surface area (Å²) < 4.78 is 11.9. The Morgan fingerprint density at radius 2 is 2.67 bits per heavy atom. The molecule has 0 radical (unpaired) electrons. The van der Waals surface area contributed by atoms with E-state index < -0.39 is 0 Å². The largest absolute Gasteiger partial charge is 0.379 e. The molecule has 0 amide bonds. The summed E-state index contributed by atoms with van der Waals surface area (Å²) in [6.45, 7) is 1.94. The van der Waals surface area contributed by atoms with Gasteiger partial charge >= 0.3 is 0 Å². The predicted molar refractivity (Wildman–Crippen MR) is 23.7 cm³/mol. The molecule has 0 saturated carbocycles. The molecule has 6 heavy (non-hydrogen) atoms. The lowest BCUT2D eigenvalue weighted by Crippen LogP contribution is -2.30. The molecule has 36 valence electrons. The highest BCUT2D eigenvalue weighted by molar-refractivity contribution is 4.49. The van der Waals surface area contributed by atoms with Crippen molar-refractivity contribution >= 4 is 0 Å². The Bertz CT molecular complexity index is 53.7. The van der Waals surface area contributed by atoms with Crippen molar-refractivity contribution in [1.82, 2.24) is 5.32 Å². The van der Waals surface area contributed by atoms with E-state index in [-0.39, 0.29) is 6.58 Å². The summed E-state index contributed by atoms with van der Waals surface area (Å²) in [7, 11) is 0. The first-order valence-electron chi connectivity index (χ1n) is 2.72. The van der Waals surface area contributed by atoms with Gasteiger partial charge in [0.15, 0.2) is 0 Å². The van der Waals surface area contributed by atoms with Crippen LogP contribution < -0.4 is 5.32 Å². The van der Waals surface area contributed by atoms with Crippen LogP contribution in [-0.4, -0.2) is 26.3 Å². The van der Waals surface area contributed by atoms with Crippen molar-refractivity contribution in [2.45, 2.75) is 0 Å². The fourth-order valence-electron chi connectivity index (χ4n) is 0.434. The normalized spacial score (nSPS) is 38.7. The van der Waals surface area contributed by atoms with Crippen LogP contribution >= 0.6 is 0 Å². The number of nitrogens with one attached hydrogen (secondary N) is 1. The van der Waals surface area contributed by atoms with E-state index in [0.29, 0.717) is 13.2 Å².